The van der Waals surface area contributed by atoms with Crippen molar-refractivity contribution < 1.29 is 4.79 Å². The number of carbonyl (C=O) groups excluding carboxylic acids is 1. The van der Waals surface area contributed by atoms with Gasteiger partial charge in [-0.3, -0.25) is 4.79 Å². The minimum absolute atomic E-state index is 0.388. The Bertz CT molecular complexity index is 295. The number of likely N-dealkylation sites (tertiary alicyclic amines) is 1. The van der Waals surface area contributed by atoms with Gasteiger partial charge in [0.25, 0.3) is 0 Å². The van der Waals surface area contributed by atoms with E-state index in [0.717, 1.165) is 18.9 Å². The van der Waals surface area contributed by atoms with Gasteiger partial charge in [0.1, 0.15) is 0 Å². The molecule has 3 fully saturated rings. The maximum absolute atomic E-state index is 12.4. The van der Waals surface area contributed by atoms with E-state index < -0.39 is 0 Å². The van der Waals surface area contributed by atoms with Crippen molar-refractivity contribution in [1.82, 2.24) is 4.90 Å². The van der Waals surface area contributed by atoms with E-state index in [9.17, 15) is 4.79 Å². The molecule has 0 aromatic rings. The standard InChI is InChI=1S/C15H25NO/c1-11-10-13(11)15(17)16-9-5-8-14(16)12-6-3-2-4-7-12/h11-14H,2-10H2,1H3/t11-,13-,14+/m1/s1. The summed E-state index contributed by atoms with van der Waals surface area (Å²) in [6, 6.07) is 0.607. The van der Waals surface area contributed by atoms with E-state index >= 15 is 0 Å². The summed E-state index contributed by atoms with van der Waals surface area (Å²) in [5, 5.41) is 0. The van der Waals surface area contributed by atoms with E-state index in [-0.39, 0.29) is 0 Å². The van der Waals surface area contributed by atoms with Crippen LogP contribution in [0.2, 0.25) is 0 Å². The lowest BCUT2D eigenvalue weighted by Crippen LogP contribution is -2.41. The van der Waals surface area contributed by atoms with Crippen molar-refractivity contribution in [2.75, 3.05) is 6.54 Å². The van der Waals surface area contributed by atoms with Crippen LogP contribution >= 0.6 is 0 Å². The first-order valence-corrected chi connectivity index (χ1v) is 7.58. The van der Waals surface area contributed by atoms with Crippen LogP contribution in [0.1, 0.15) is 58.3 Å². The van der Waals surface area contributed by atoms with Gasteiger partial charge in [-0.05, 0) is 43.9 Å². The first kappa shape index (κ1) is 11.6. The SMILES string of the molecule is C[C@@H]1C[C@H]1C(=O)N1CCC[C@H]1C1CCCCC1. The van der Waals surface area contributed by atoms with E-state index in [4.69, 9.17) is 0 Å². The summed E-state index contributed by atoms with van der Waals surface area (Å²) in [4.78, 5) is 14.7. The van der Waals surface area contributed by atoms with Gasteiger partial charge in [-0.15, -0.1) is 0 Å². The third kappa shape index (κ3) is 2.23. The number of amides is 1. The Labute approximate surface area is 105 Å². The quantitative estimate of drug-likeness (QED) is 0.719. The van der Waals surface area contributed by atoms with Gasteiger partial charge >= 0.3 is 0 Å². The molecule has 3 aliphatic rings. The molecule has 2 aliphatic carbocycles. The highest BCUT2D eigenvalue weighted by molar-refractivity contribution is 5.82. The number of hydrogen-bond donors (Lipinski definition) is 0. The topological polar surface area (TPSA) is 20.3 Å². The van der Waals surface area contributed by atoms with Gasteiger partial charge in [0.2, 0.25) is 5.91 Å². The highest BCUT2D eigenvalue weighted by atomic mass is 16.2. The summed E-state index contributed by atoms with van der Waals surface area (Å²) >= 11 is 0. The largest absolute Gasteiger partial charge is 0.339 e. The molecule has 0 bridgehead atoms. The van der Waals surface area contributed by atoms with Gasteiger partial charge in [0.15, 0.2) is 0 Å². The van der Waals surface area contributed by atoms with E-state index in [1.54, 1.807) is 0 Å². The second-order valence-corrected chi connectivity index (χ2v) is 6.46. The van der Waals surface area contributed by atoms with E-state index in [1.165, 1.54) is 44.9 Å². The van der Waals surface area contributed by atoms with Crippen LogP contribution in [0, 0.1) is 17.8 Å². The molecule has 3 atom stereocenters. The molecule has 1 saturated heterocycles. The van der Waals surface area contributed by atoms with E-state index in [2.05, 4.69) is 11.8 Å². The molecule has 0 spiro atoms. The van der Waals surface area contributed by atoms with Crippen molar-refractivity contribution in [2.45, 2.75) is 64.3 Å². The van der Waals surface area contributed by atoms with Gasteiger partial charge in [-0.25, -0.2) is 0 Å². The monoisotopic (exact) mass is 235 g/mol. The van der Waals surface area contributed by atoms with Crippen LogP contribution in [0.25, 0.3) is 0 Å². The predicted molar refractivity (Wildman–Crippen MR) is 68.6 cm³/mol. The molecule has 0 aromatic heterocycles. The molecular weight excluding hydrogens is 210 g/mol. The van der Waals surface area contributed by atoms with Crippen LogP contribution in [0.15, 0.2) is 0 Å². The zero-order valence-corrected chi connectivity index (χ0v) is 11.0. The number of carbonyl (C=O) groups is 1. The van der Waals surface area contributed by atoms with Crippen LogP contribution in [0.5, 0.6) is 0 Å². The Balaban J connectivity index is 1.64. The zero-order chi connectivity index (χ0) is 11.8. The lowest BCUT2D eigenvalue weighted by Gasteiger charge is -2.34. The highest BCUT2D eigenvalue weighted by Crippen LogP contribution is 2.42. The van der Waals surface area contributed by atoms with Crippen molar-refractivity contribution >= 4 is 5.91 Å². The van der Waals surface area contributed by atoms with Crippen LogP contribution in [0.4, 0.5) is 0 Å². The maximum atomic E-state index is 12.4. The van der Waals surface area contributed by atoms with Gasteiger partial charge in [-0.2, -0.15) is 0 Å². The van der Waals surface area contributed by atoms with Gasteiger partial charge < -0.3 is 4.90 Å². The van der Waals surface area contributed by atoms with Crippen LogP contribution in [-0.4, -0.2) is 23.4 Å². The lowest BCUT2D eigenvalue weighted by molar-refractivity contribution is -0.134. The number of nitrogens with zero attached hydrogens (tertiary/aromatic N) is 1. The minimum Gasteiger partial charge on any atom is -0.339 e. The van der Waals surface area contributed by atoms with Crippen molar-refractivity contribution in [3.8, 4) is 0 Å². The fourth-order valence-electron chi connectivity index (χ4n) is 3.95. The van der Waals surface area contributed by atoms with Crippen molar-refractivity contribution in [1.29, 1.82) is 0 Å². The Morgan fingerprint density at radius 1 is 1.06 bits per heavy atom. The van der Waals surface area contributed by atoms with Crippen LogP contribution < -0.4 is 0 Å². The molecule has 1 aliphatic heterocycles. The van der Waals surface area contributed by atoms with Crippen LogP contribution in [-0.2, 0) is 4.79 Å². The Morgan fingerprint density at radius 2 is 1.76 bits per heavy atom. The molecule has 3 rings (SSSR count). The number of hydrogen-bond acceptors (Lipinski definition) is 1. The predicted octanol–water partition coefficient (Wildman–Crippen LogP) is 3.21. The molecule has 96 valence electrons. The molecule has 2 heteroatoms. The van der Waals surface area contributed by atoms with Crippen molar-refractivity contribution in [3.63, 3.8) is 0 Å². The third-order valence-corrected chi connectivity index (χ3v) is 5.20. The Morgan fingerprint density at radius 3 is 2.41 bits per heavy atom. The molecule has 1 heterocycles. The average Bonchev–Trinajstić information content (AvgIpc) is 2.92. The van der Waals surface area contributed by atoms with Gasteiger partial charge in [-0.1, -0.05) is 26.2 Å². The van der Waals surface area contributed by atoms with Gasteiger partial charge in [0, 0.05) is 18.5 Å². The van der Waals surface area contributed by atoms with Gasteiger partial charge in [0.05, 0.1) is 0 Å². The Hall–Kier alpha value is -0.530. The van der Waals surface area contributed by atoms with Crippen LogP contribution in [0.3, 0.4) is 0 Å². The summed E-state index contributed by atoms with van der Waals surface area (Å²) in [6.45, 7) is 3.26. The average molecular weight is 235 g/mol. The zero-order valence-electron chi connectivity index (χ0n) is 11.0. The van der Waals surface area contributed by atoms with E-state index in [0.29, 0.717) is 23.8 Å². The second-order valence-electron chi connectivity index (χ2n) is 6.46. The summed E-state index contributed by atoms with van der Waals surface area (Å²) < 4.78 is 0. The molecule has 0 aromatic carbocycles. The summed E-state index contributed by atoms with van der Waals surface area (Å²) in [5.41, 5.74) is 0. The van der Waals surface area contributed by atoms with Crippen molar-refractivity contribution in [3.05, 3.63) is 0 Å². The van der Waals surface area contributed by atoms with E-state index in [1.807, 2.05) is 0 Å². The fourth-order valence-corrected chi connectivity index (χ4v) is 3.95. The highest BCUT2D eigenvalue weighted by Gasteiger charge is 2.45. The second kappa shape index (κ2) is 4.62. The minimum atomic E-state index is 0.388. The maximum Gasteiger partial charge on any atom is 0.226 e. The fraction of sp³-hybridized carbons (Fsp3) is 0.933. The first-order chi connectivity index (χ1) is 8.27. The number of rotatable bonds is 2. The smallest absolute Gasteiger partial charge is 0.226 e. The summed E-state index contributed by atoms with van der Waals surface area (Å²) in [6.07, 6.45) is 10.6. The molecule has 0 unspecified atom stereocenters. The third-order valence-electron chi connectivity index (χ3n) is 5.20. The molecule has 1 amide bonds. The molecular formula is C15H25NO. The normalized spacial score (nSPS) is 38.4. The lowest BCUT2D eigenvalue weighted by atomic mass is 9.83. The molecule has 2 nitrogen and oxygen atoms in total. The molecule has 0 N–H and O–H groups in total. The molecule has 17 heavy (non-hydrogen) atoms. The Kier molecular flexibility index (Phi) is 3.14. The summed E-state index contributed by atoms with van der Waals surface area (Å²) in [5.74, 6) is 2.36. The molecule has 0 radical (unpaired) electrons. The van der Waals surface area contributed by atoms with Crippen molar-refractivity contribution in [2.24, 2.45) is 17.8 Å². The first-order valence-electron chi connectivity index (χ1n) is 7.58. The molecule has 2 saturated carbocycles. The summed E-state index contributed by atoms with van der Waals surface area (Å²) in [7, 11) is 0.